The molecule has 150 valence electrons. The van der Waals surface area contributed by atoms with Crippen molar-refractivity contribution in [1.29, 1.82) is 0 Å². The van der Waals surface area contributed by atoms with E-state index < -0.39 is 22.0 Å². The first kappa shape index (κ1) is 21.3. The number of nitrogens with zero attached hydrogens (tertiary/aromatic N) is 1. The minimum atomic E-state index is -3.54. The molecule has 1 amide bonds. The molecule has 2 N–H and O–H groups in total. The third-order valence-corrected chi connectivity index (χ3v) is 6.33. The third-order valence-electron chi connectivity index (χ3n) is 4.42. The van der Waals surface area contributed by atoms with E-state index in [0.29, 0.717) is 32.7 Å². The molecular formula is C18H26N2O6S. The normalized spacial score (nSPS) is 16.9. The van der Waals surface area contributed by atoms with Crippen LogP contribution in [0, 0.1) is 5.92 Å². The first-order chi connectivity index (χ1) is 12.7. The lowest BCUT2D eigenvalue weighted by Crippen LogP contribution is -2.44. The van der Waals surface area contributed by atoms with Crippen LogP contribution < -0.4 is 5.32 Å². The summed E-state index contributed by atoms with van der Waals surface area (Å²) >= 11 is 0. The zero-order chi connectivity index (χ0) is 20.0. The highest BCUT2D eigenvalue weighted by Crippen LogP contribution is 2.18. The van der Waals surface area contributed by atoms with Crippen LogP contribution in [0.15, 0.2) is 29.2 Å². The Morgan fingerprint density at radius 3 is 2.30 bits per heavy atom. The fourth-order valence-corrected chi connectivity index (χ4v) is 4.19. The molecule has 1 aliphatic heterocycles. The van der Waals surface area contributed by atoms with Crippen molar-refractivity contribution in [3.63, 3.8) is 0 Å². The van der Waals surface area contributed by atoms with Crippen LogP contribution in [0.2, 0.25) is 0 Å². The van der Waals surface area contributed by atoms with Crippen molar-refractivity contribution in [2.75, 3.05) is 26.3 Å². The number of aryl methyl sites for hydroxylation is 1. The predicted molar refractivity (Wildman–Crippen MR) is 98.7 cm³/mol. The van der Waals surface area contributed by atoms with Gasteiger partial charge in [0.15, 0.2) is 0 Å². The molecule has 8 nitrogen and oxygen atoms in total. The number of nitrogens with one attached hydrogen (secondary N) is 1. The van der Waals surface area contributed by atoms with E-state index in [1.54, 1.807) is 26.0 Å². The summed E-state index contributed by atoms with van der Waals surface area (Å²) in [7, 11) is -3.54. The average molecular weight is 398 g/mol. The molecule has 1 saturated heterocycles. The second-order valence-electron chi connectivity index (χ2n) is 6.79. The highest BCUT2D eigenvalue weighted by atomic mass is 32.2. The number of carbonyl (C=O) groups excluding carboxylic acids is 1. The highest BCUT2D eigenvalue weighted by molar-refractivity contribution is 7.89. The second-order valence-corrected chi connectivity index (χ2v) is 8.73. The Balaban J connectivity index is 1.93. The summed E-state index contributed by atoms with van der Waals surface area (Å²) in [5.74, 6) is -1.62. The Hall–Kier alpha value is -1.97. The molecule has 0 spiro atoms. The molecule has 1 aromatic rings. The van der Waals surface area contributed by atoms with Gasteiger partial charge >= 0.3 is 5.97 Å². The summed E-state index contributed by atoms with van der Waals surface area (Å²) in [6, 6.07) is 5.51. The van der Waals surface area contributed by atoms with Crippen LogP contribution in [0.3, 0.4) is 0 Å². The summed E-state index contributed by atoms with van der Waals surface area (Å²) in [6.45, 7) is 4.91. The summed E-state index contributed by atoms with van der Waals surface area (Å²) in [6.07, 6.45) is 0.528. The van der Waals surface area contributed by atoms with Crippen LogP contribution in [-0.2, 0) is 30.8 Å². The average Bonchev–Trinajstić information content (AvgIpc) is 2.65. The topological polar surface area (TPSA) is 113 Å². The number of sulfonamides is 1. The number of morpholine rings is 1. The number of hydrogen-bond donors (Lipinski definition) is 2. The van der Waals surface area contributed by atoms with Gasteiger partial charge in [0.05, 0.1) is 18.1 Å². The molecule has 1 heterocycles. The van der Waals surface area contributed by atoms with Crippen molar-refractivity contribution in [2.24, 2.45) is 5.92 Å². The fourth-order valence-electron chi connectivity index (χ4n) is 2.78. The second kappa shape index (κ2) is 9.29. The van der Waals surface area contributed by atoms with Crippen molar-refractivity contribution in [3.05, 3.63) is 29.8 Å². The van der Waals surface area contributed by atoms with Crippen LogP contribution in [0.5, 0.6) is 0 Å². The van der Waals surface area contributed by atoms with Gasteiger partial charge < -0.3 is 15.2 Å². The van der Waals surface area contributed by atoms with Crippen molar-refractivity contribution < 1.29 is 27.9 Å². The number of carbonyl (C=O) groups is 2. The molecule has 0 radical (unpaired) electrons. The Kier molecular flexibility index (Phi) is 7.34. The zero-order valence-corrected chi connectivity index (χ0v) is 16.4. The molecule has 1 aromatic carbocycles. The van der Waals surface area contributed by atoms with Gasteiger partial charge in [0.2, 0.25) is 15.9 Å². The summed E-state index contributed by atoms with van der Waals surface area (Å²) in [4.78, 5) is 23.3. The molecule has 0 bridgehead atoms. The van der Waals surface area contributed by atoms with E-state index >= 15 is 0 Å². The van der Waals surface area contributed by atoms with E-state index in [2.05, 4.69) is 5.32 Å². The number of aliphatic carboxylic acids is 1. The van der Waals surface area contributed by atoms with E-state index in [1.165, 1.54) is 16.4 Å². The maximum Gasteiger partial charge on any atom is 0.326 e. The Bertz CT molecular complexity index is 755. The summed E-state index contributed by atoms with van der Waals surface area (Å²) in [5.41, 5.74) is 0.808. The van der Waals surface area contributed by atoms with Gasteiger partial charge in [0, 0.05) is 19.5 Å². The van der Waals surface area contributed by atoms with Crippen LogP contribution in [-0.4, -0.2) is 62.1 Å². The van der Waals surface area contributed by atoms with Crippen molar-refractivity contribution >= 4 is 21.9 Å². The first-order valence-corrected chi connectivity index (χ1v) is 10.3. The van der Waals surface area contributed by atoms with E-state index in [-0.39, 0.29) is 23.1 Å². The monoisotopic (exact) mass is 398 g/mol. The molecule has 1 atom stereocenters. The molecule has 0 aliphatic carbocycles. The molecule has 1 aliphatic rings. The maximum absolute atomic E-state index is 12.6. The van der Waals surface area contributed by atoms with Crippen LogP contribution in [0.25, 0.3) is 0 Å². The molecule has 1 fully saturated rings. The largest absolute Gasteiger partial charge is 0.480 e. The number of benzene rings is 1. The minimum Gasteiger partial charge on any atom is -0.480 e. The molecule has 0 saturated carbocycles. The van der Waals surface area contributed by atoms with Crippen molar-refractivity contribution in [2.45, 2.75) is 37.6 Å². The lowest BCUT2D eigenvalue weighted by molar-refractivity contribution is -0.143. The number of amides is 1. The number of carboxylic acid groups (broad SMARTS) is 1. The molecule has 0 unspecified atom stereocenters. The van der Waals surface area contributed by atoms with E-state index in [0.717, 1.165) is 5.56 Å². The Labute approximate surface area is 159 Å². The zero-order valence-electron chi connectivity index (χ0n) is 15.6. The quantitative estimate of drug-likeness (QED) is 0.672. The van der Waals surface area contributed by atoms with Gasteiger partial charge in [-0.3, -0.25) is 4.79 Å². The van der Waals surface area contributed by atoms with Gasteiger partial charge in [-0.15, -0.1) is 0 Å². The van der Waals surface area contributed by atoms with Crippen LogP contribution in [0.4, 0.5) is 0 Å². The third kappa shape index (κ3) is 5.75. The fraction of sp³-hybridized carbons (Fsp3) is 0.556. The lowest BCUT2D eigenvalue weighted by atomic mass is 10.0. The van der Waals surface area contributed by atoms with Crippen molar-refractivity contribution in [1.82, 2.24) is 9.62 Å². The smallest absolute Gasteiger partial charge is 0.326 e. The molecule has 0 aromatic heterocycles. The van der Waals surface area contributed by atoms with Gasteiger partial charge in [-0.2, -0.15) is 4.31 Å². The van der Waals surface area contributed by atoms with Gasteiger partial charge in [0.1, 0.15) is 6.04 Å². The maximum atomic E-state index is 12.6. The highest BCUT2D eigenvalue weighted by Gasteiger charge is 2.26. The first-order valence-electron chi connectivity index (χ1n) is 8.91. The number of carboxylic acids is 1. The van der Waals surface area contributed by atoms with Gasteiger partial charge in [0.25, 0.3) is 0 Å². The molecule has 2 rings (SSSR count). The standard InChI is InChI=1S/C18H26N2O6S/c1-13(2)17(18(22)23)19-16(21)8-5-14-3-6-15(7-4-14)27(24,25)20-9-11-26-12-10-20/h3-4,6-7,13,17H,5,8-12H2,1-2H3,(H,19,21)(H,22,23)/t17-/m0/s1. The van der Waals surface area contributed by atoms with E-state index in [4.69, 9.17) is 9.84 Å². The Morgan fingerprint density at radius 1 is 1.19 bits per heavy atom. The predicted octanol–water partition coefficient (Wildman–Crippen LogP) is 0.866. The van der Waals surface area contributed by atoms with Crippen LogP contribution >= 0.6 is 0 Å². The lowest BCUT2D eigenvalue weighted by Gasteiger charge is -2.26. The SMILES string of the molecule is CC(C)[C@H](NC(=O)CCc1ccc(S(=O)(=O)N2CCOCC2)cc1)C(=O)O. The molecular weight excluding hydrogens is 372 g/mol. The minimum absolute atomic E-state index is 0.131. The number of rotatable bonds is 8. The summed E-state index contributed by atoms with van der Waals surface area (Å²) in [5, 5.41) is 11.6. The van der Waals surface area contributed by atoms with E-state index in [1.807, 2.05) is 0 Å². The van der Waals surface area contributed by atoms with Gasteiger partial charge in [-0.05, 0) is 30.0 Å². The van der Waals surface area contributed by atoms with E-state index in [9.17, 15) is 18.0 Å². The van der Waals surface area contributed by atoms with Gasteiger partial charge in [-0.1, -0.05) is 26.0 Å². The molecule has 9 heteroatoms. The molecule has 27 heavy (non-hydrogen) atoms. The number of hydrogen-bond acceptors (Lipinski definition) is 5. The van der Waals surface area contributed by atoms with Crippen molar-refractivity contribution in [3.8, 4) is 0 Å². The Morgan fingerprint density at radius 2 is 1.78 bits per heavy atom. The van der Waals surface area contributed by atoms with Crippen LogP contribution in [0.1, 0.15) is 25.8 Å². The number of ether oxygens (including phenoxy) is 1. The van der Waals surface area contributed by atoms with Gasteiger partial charge in [-0.25, -0.2) is 13.2 Å². The summed E-state index contributed by atoms with van der Waals surface area (Å²) < 4.78 is 31.7.